The van der Waals surface area contributed by atoms with E-state index in [1.54, 1.807) is 4.57 Å². The lowest BCUT2D eigenvalue weighted by Crippen LogP contribution is -2.30. The number of carboxylic acid groups (broad SMARTS) is 1. The Morgan fingerprint density at radius 3 is 2.55 bits per heavy atom. The van der Waals surface area contributed by atoms with E-state index in [-0.39, 0.29) is 12.1 Å². The molecule has 5 nitrogen and oxygen atoms in total. The van der Waals surface area contributed by atoms with Crippen LogP contribution in [0.1, 0.15) is 50.1 Å². The molecule has 1 saturated carbocycles. The maximum absolute atomic E-state index is 12.2. The maximum atomic E-state index is 12.2. The second-order valence-electron chi connectivity index (χ2n) is 5.43. The van der Waals surface area contributed by atoms with Gasteiger partial charge in [0.15, 0.2) is 0 Å². The SMILES string of the molecule is CCc1nc(=O)n(CCC2CC2)c(CC)c1CC(=O)O. The standard InChI is InChI=1S/C15H22N2O3/c1-3-12-11(9-14(18)19)13(4-2)17(15(20)16-12)8-7-10-5-6-10/h10H,3-9H2,1-2H3,(H,18,19). The number of aryl methyl sites for hydroxylation is 1. The zero-order valence-corrected chi connectivity index (χ0v) is 12.2. The van der Waals surface area contributed by atoms with Crippen molar-refractivity contribution in [1.82, 2.24) is 9.55 Å². The van der Waals surface area contributed by atoms with Crippen molar-refractivity contribution < 1.29 is 9.90 Å². The van der Waals surface area contributed by atoms with Crippen LogP contribution in [0.4, 0.5) is 0 Å². The van der Waals surface area contributed by atoms with Gasteiger partial charge < -0.3 is 5.11 Å². The molecule has 1 aliphatic carbocycles. The molecule has 0 aliphatic heterocycles. The first-order chi connectivity index (χ1) is 9.56. The molecule has 1 N–H and O–H groups in total. The average molecular weight is 278 g/mol. The van der Waals surface area contributed by atoms with Gasteiger partial charge in [0, 0.05) is 17.8 Å². The van der Waals surface area contributed by atoms with E-state index < -0.39 is 5.97 Å². The fourth-order valence-electron chi connectivity index (χ4n) is 2.69. The summed E-state index contributed by atoms with van der Waals surface area (Å²) in [5.41, 5.74) is 1.99. The van der Waals surface area contributed by atoms with Gasteiger partial charge in [-0.25, -0.2) is 4.79 Å². The molecular weight excluding hydrogens is 256 g/mol. The summed E-state index contributed by atoms with van der Waals surface area (Å²) in [5, 5.41) is 9.08. The minimum atomic E-state index is -0.872. The Morgan fingerprint density at radius 2 is 2.05 bits per heavy atom. The zero-order valence-electron chi connectivity index (χ0n) is 12.2. The van der Waals surface area contributed by atoms with Crippen LogP contribution in [0.5, 0.6) is 0 Å². The third kappa shape index (κ3) is 3.26. The van der Waals surface area contributed by atoms with Gasteiger partial charge in [0.1, 0.15) is 0 Å². The van der Waals surface area contributed by atoms with E-state index in [2.05, 4.69) is 4.98 Å². The highest BCUT2D eigenvalue weighted by molar-refractivity contribution is 5.71. The normalized spacial score (nSPS) is 14.5. The van der Waals surface area contributed by atoms with Crippen LogP contribution in [-0.4, -0.2) is 20.6 Å². The van der Waals surface area contributed by atoms with E-state index in [1.165, 1.54) is 12.8 Å². The Kier molecular flexibility index (Phi) is 4.57. The van der Waals surface area contributed by atoms with Crippen LogP contribution in [-0.2, 0) is 30.6 Å². The second-order valence-corrected chi connectivity index (χ2v) is 5.43. The van der Waals surface area contributed by atoms with Gasteiger partial charge in [0.2, 0.25) is 0 Å². The summed E-state index contributed by atoms with van der Waals surface area (Å²) >= 11 is 0. The van der Waals surface area contributed by atoms with E-state index in [4.69, 9.17) is 5.11 Å². The van der Waals surface area contributed by atoms with Gasteiger partial charge in [-0.1, -0.05) is 26.7 Å². The number of aromatic nitrogens is 2. The smallest absolute Gasteiger partial charge is 0.347 e. The molecule has 0 saturated heterocycles. The van der Waals surface area contributed by atoms with Gasteiger partial charge in [0.05, 0.1) is 12.1 Å². The number of nitrogens with zero attached hydrogens (tertiary/aromatic N) is 2. The molecule has 0 spiro atoms. The van der Waals surface area contributed by atoms with Crippen LogP contribution in [0.2, 0.25) is 0 Å². The fraction of sp³-hybridized carbons (Fsp3) is 0.667. The van der Waals surface area contributed by atoms with Crippen molar-refractivity contribution in [3.05, 3.63) is 27.4 Å². The Bertz CT molecular complexity index is 559. The van der Waals surface area contributed by atoms with E-state index in [0.717, 1.165) is 23.6 Å². The van der Waals surface area contributed by atoms with Crippen molar-refractivity contribution in [1.29, 1.82) is 0 Å². The van der Waals surface area contributed by atoms with Crippen molar-refractivity contribution in [3.63, 3.8) is 0 Å². The van der Waals surface area contributed by atoms with Gasteiger partial charge >= 0.3 is 11.7 Å². The first kappa shape index (κ1) is 14.8. The van der Waals surface area contributed by atoms with E-state index in [1.807, 2.05) is 13.8 Å². The summed E-state index contributed by atoms with van der Waals surface area (Å²) in [6, 6.07) is 0. The molecule has 2 rings (SSSR count). The molecule has 110 valence electrons. The van der Waals surface area contributed by atoms with Crippen LogP contribution in [0, 0.1) is 5.92 Å². The minimum absolute atomic E-state index is 0.0525. The molecule has 20 heavy (non-hydrogen) atoms. The summed E-state index contributed by atoms with van der Waals surface area (Å²) < 4.78 is 1.69. The highest BCUT2D eigenvalue weighted by Gasteiger charge is 2.23. The molecule has 0 aromatic carbocycles. The average Bonchev–Trinajstić information content (AvgIpc) is 3.21. The van der Waals surface area contributed by atoms with Crippen LogP contribution < -0.4 is 5.69 Å². The van der Waals surface area contributed by atoms with Gasteiger partial charge in [0.25, 0.3) is 0 Å². The largest absolute Gasteiger partial charge is 0.481 e. The molecule has 1 aromatic rings. The van der Waals surface area contributed by atoms with Gasteiger partial charge in [-0.15, -0.1) is 0 Å². The molecule has 0 atom stereocenters. The number of hydrogen-bond acceptors (Lipinski definition) is 3. The molecule has 1 heterocycles. The lowest BCUT2D eigenvalue weighted by Gasteiger charge is -2.17. The molecule has 1 aliphatic rings. The summed E-state index contributed by atoms with van der Waals surface area (Å²) in [6.07, 6.45) is 4.69. The van der Waals surface area contributed by atoms with Gasteiger partial charge in [-0.3, -0.25) is 9.36 Å². The number of aliphatic carboxylic acids is 1. The fourth-order valence-corrected chi connectivity index (χ4v) is 2.69. The first-order valence-corrected chi connectivity index (χ1v) is 7.40. The third-order valence-electron chi connectivity index (χ3n) is 3.94. The van der Waals surface area contributed by atoms with Crippen LogP contribution in [0.15, 0.2) is 4.79 Å². The number of rotatable bonds is 7. The molecular formula is C15H22N2O3. The first-order valence-electron chi connectivity index (χ1n) is 7.40. The second kappa shape index (κ2) is 6.20. The molecule has 1 aromatic heterocycles. The van der Waals surface area contributed by atoms with Crippen LogP contribution in [0.3, 0.4) is 0 Å². The van der Waals surface area contributed by atoms with Crippen molar-refractivity contribution >= 4 is 5.97 Å². The monoisotopic (exact) mass is 278 g/mol. The number of hydrogen-bond donors (Lipinski definition) is 1. The Hall–Kier alpha value is -1.65. The van der Waals surface area contributed by atoms with E-state index >= 15 is 0 Å². The van der Waals surface area contributed by atoms with Gasteiger partial charge in [-0.2, -0.15) is 4.98 Å². The molecule has 5 heteroatoms. The van der Waals surface area contributed by atoms with Crippen molar-refractivity contribution in [2.45, 2.75) is 58.9 Å². The quantitative estimate of drug-likeness (QED) is 0.825. The van der Waals surface area contributed by atoms with Crippen molar-refractivity contribution in [2.24, 2.45) is 5.92 Å². The van der Waals surface area contributed by atoms with Crippen LogP contribution in [0.25, 0.3) is 0 Å². The highest BCUT2D eigenvalue weighted by atomic mass is 16.4. The van der Waals surface area contributed by atoms with Crippen molar-refractivity contribution in [3.8, 4) is 0 Å². The number of carboxylic acids is 1. The zero-order chi connectivity index (χ0) is 14.7. The lowest BCUT2D eigenvalue weighted by atomic mass is 10.0. The van der Waals surface area contributed by atoms with Crippen molar-refractivity contribution in [2.75, 3.05) is 0 Å². The molecule has 0 radical (unpaired) electrons. The predicted octanol–water partition coefficient (Wildman–Crippen LogP) is 1.80. The Morgan fingerprint density at radius 1 is 1.35 bits per heavy atom. The van der Waals surface area contributed by atoms with E-state index in [0.29, 0.717) is 25.1 Å². The number of carbonyl (C=O) groups is 1. The summed E-state index contributed by atoms with van der Waals surface area (Å²) in [7, 11) is 0. The Balaban J connectivity index is 2.42. The lowest BCUT2D eigenvalue weighted by molar-refractivity contribution is -0.136. The molecule has 0 bridgehead atoms. The highest BCUT2D eigenvalue weighted by Crippen LogP contribution is 2.32. The van der Waals surface area contributed by atoms with Gasteiger partial charge in [-0.05, 0) is 25.2 Å². The third-order valence-corrected chi connectivity index (χ3v) is 3.94. The summed E-state index contributed by atoms with van der Waals surface area (Å²) in [6.45, 7) is 4.53. The summed E-state index contributed by atoms with van der Waals surface area (Å²) in [5.74, 6) is -0.135. The topological polar surface area (TPSA) is 72.2 Å². The molecule has 0 unspecified atom stereocenters. The maximum Gasteiger partial charge on any atom is 0.347 e. The minimum Gasteiger partial charge on any atom is -0.481 e. The summed E-state index contributed by atoms with van der Waals surface area (Å²) in [4.78, 5) is 27.3. The molecule has 1 fully saturated rings. The van der Waals surface area contributed by atoms with E-state index in [9.17, 15) is 9.59 Å². The van der Waals surface area contributed by atoms with Crippen LogP contribution >= 0.6 is 0 Å². The Labute approximate surface area is 118 Å². The predicted molar refractivity (Wildman–Crippen MR) is 75.9 cm³/mol. The molecule has 0 amide bonds.